The van der Waals surface area contributed by atoms with Crippen LogP contribution in [0.2, 0.25) is 0 Å². The SMILES string of the molecule is CCOC(=O)C1CCCN(C(=NCC2CCCCO2)NCCc2ccco2)C1. The normalized spacial score (nSPS) is 23.5. The van der Waals surface area contributed by atoms with Crippen LogP contribution in [0.25, 0.3) is 0 Å². The summed E-state index contributed by atoms with van der Waals surface area (Å²) in [5.41, 5.74) is 0. The maximum Gasteiger partial charge on any atom is 0.310 e. The molecule has 0 aliphatic carbocycles. The minimum atomic E-state index is -0.0993. The average molecular weight is 392 g/mol. The van der Waals surface area contributed by atoms with E-state index >= 15 is 0 Å². The minimum Gasteiger partial charge on any atom is -0.469 e. The lowest BCUT2D eigenvalue weighted by molar-refractivity contribution is -0.149. The van der Waals surface area contributed by atoms with E-state index in [4.69, 9.17) is 18.9 Å². The number of rotatable bonds is 7. The van der Waals surface area contributed by atoms with Gasteiger partial charge in [-0.3, -0.25) is 9.79 Å². The molecule has 7 heteroatoms. The molecule has 28 heavy (non-hydrogen) atoms. The number of piperidine rings is 1. The lowest BCUT2D eigenvalue weighted by Gasteiger charge is -2.34. The Morgan fingerprint density at radius 1 is 1.36 bits per heavy atom. The standard InChI is InChI=1S/C21H33N3O4/c1-2-26-20(25)17-7-5-12-24(16-17)21(22-11-10-18-9-6-14-27-18)23-15-19-8-3-4-13-28-19/h6,9,14,17,19H,2-5,7-8,10-13,15-16H2,1H3,(H,22,23). The Labute approximate surface area is 167 Å². The Bertz CT molecular complexity index is 611. The Hall–Kier alpha value is -2.02. The van der Waals surface area contributed by atoms with Gasteiger partial charge in [-0.2, -0.15) is 0 Å². The van der Waals surface area contributed by atoms with Crippen LogP contribution in [-0.4, -0.2) is 62.3 Å². The molecule has 1 aromatic heterocycles. The summed E-state index contributed by atoms with van der Waals surface area (Å²) >= 11 is 0. The topological polar surface area (TPSA) is 76.3 Å². The Balaban J connectivity index is 1.60. The molecule has 156 valence electrons. The van der Waals surface area contributed by atoms with Crippen molar-refractivity contribution in [3.63, 3.8) is 0 Å². The van der Waals surface area contributed by atoms with Gasteiger partial charge in [0.15, 0.2) is 5.96 Å². The van der Waals surface area contributed by atoms with Crippen molar-refractivity contribution in [1.29, 1.82) is 0 Å². The van der Waals surface area contributed by atoms with Crippen molar-refractivity contribution >= 4 is 11.9 Å². The van der Waals surface area contributed by atoms with Gasteiger partial charge in [-0.15, -0.1) is 0 Å². The first-order chi connectivity index (χ1) is 13.8. The smallest absolute Gasteiger partial charge is 0.310 e. The third-order valence-electron chi connectivity index (χ3n) is 5.29. The van der Waals surface area contributed by atoms with Gasteiger partial charge in [0.05, 0.1) is 31.4 Å². The van der Waals surface area contributed by atoms with Gasteiger partial charge in [0, 0.05) is 32.7 Å². The monoisotopic (exact) mass is 391 g/mol. The predicted molar refractivity (Wildman–Crippen MR) is 107 cm³/mol. The molecule has 0 radical (unpaired) electrons. The number of likely N-dealkylation sites (tertiary alicyclic amines) is 1. The second kappa shape index (κ2) is 11.1. The molecule has 0 saturated carbocycles. The first kappa shape index (κ1) is 20.7. The molecule has 0 spiro atoms. The molecule has 2 unspecified atom stereocenters. The molecule has 1 aromatic rings. The van der Waals surface area contributed by atoms with E-state index in [0.29, 0.717) is 19.7 Å². The lowest BCUT2D eigenvalue weighted by atomic mass is 9.98. The quantitative estimate of drug-likeness (QED) is 0.437. The summed E-state index contributed by atoms with van der Waals surface area (Å²) < 4.78 is 16.5. The highest BCUT2D eigenvalue weighted by molar-refractivity contribution is 5.81. The van der Waals surface area contributed by atoms with Crippen LogP contribution in [-0.2, 0) is 20.7 Å². The number of nitrogens with zero attached hydrogens (tertiary/aromatic N) is 2. The van der Waals surface area contributed by atoms with Crippen LogP contribution in [0.4, 0.5) is 0 Å². The minimum absolute atomic E-state index is 0.0864. The summed E-state index contributed by atoms with van der Waals surface area (Å²) in [6, 6.07) is 3.88. The molecule has 7 nitrogen and oxygen atoms in total. The van der Waals surface area contributed by atoms with Gasteiger partial charge in [-0.1, -0.05) is 0 Å². The average Bonchev–Trinajstić information content (AvgIpc) is 3.25. The van der Waals surface area contributed by atoms with Gasteiger partial charge in [0.1, 0.15) is 5.76 Å². The van der Waals surface area contributed by atoms with Crippen molar-refractivity contribution in [2.24, 2.45) is 10.9 Å². The van der Waals surface area contributed by atoms with E-state index in [1.165, 1.54) is 6.42 Å². The molecule has 1 N–H and O–H groups in total. The van der Waals surface area contributed by atoms with E-state index in [-0.39, 0.29) is 18.0 Å². The fourth-order valence-corrected chi connectivity index (χ4v) is 3.78. The van der Waals surface area contributed by atoms with E-state index in [0.717, 1.165) is 63.5 Å². The van der Waals surface area contributed by atoms with E-state index in [1.807, 2.05) is 19.1 Å². The zero-order valence-electron chi connectivity index (χ0n) is 16.9. The highest BCUT2D eigenvalue weighted by atomic mass is 16.5. The number of hydrogen-bond donors (Lipinski definition) is 1. The summed E-state index contributed by atoms with van der Waals surface area (Å²) in [7, 11) is 0. The zero-order chi connectivity index (χ0) is 19.6. The van der Waals surface area contributed by atoms with Crippen LogP contribution in [0.5, 0.6) is 0 Å². The molecule has 0 bridgehead atoms. The van der Waals surface area contributed by atoms with Gasteiger partial charge in [-0.05, 0) is 51.2 Å². The molecule has 2 aliphatic rings. The number of nitrogens with one attached hydrogen (secondary N) is 1. The summed E-state index contributed by atoms with van der Waals surface area (Å²) in [5, 5.41) is 3.47. The van der Waals surface area contributed by atoms with E-state index in [1.54, 1.807) is 6.26 Å². The van der Waals surface area contributed by atoms with Crippen LogP contribution < -0.4 is 5.32 Å². The van der Waals surface area contributed by atoms with Crippen molar-refractivity contribution in [2.45, 2.75) is 51.6 Å². The van der Waals surface area contributed by atoms with Crippen molar-refractivity contribution in [3.05, 3.63) is 24.2 Å². The number of aliphatic imine (C=N–C) groups is 1. The Kier molecular flexibility index (Phi) is 8.21. The molecule has 2 fully saturated rings. The first-order valence-corrected chi connectivity index (χ1v) is 10.6. The van der Waals surface area contributed by atoms with Crippen molar-refractivity contribution in [3.8, 4) is 0 Å². The second-order valence-electron chi connectivity index (χ2n) is 7.45. The molecule has 2 atom stereocenters. The number of furan rings is 1. The van der Waals surface area contributed by atoms with Crippen LogP contribution in [0.3, 0.4) is 0 Å². The third-order valence-corrected chi connectivity index (χ3v) is 5.29. The fourth-order valence-electron chi connectivity index (χ4n) is 3.78. The van der Waals surface area contributed by atoms with Crippen molar-refractivity contribution < 1.29 is 18.7 Å². The third kappa shape index (κ3) is 6.26. The molecular weight excluding hydrogens is 358 g/mol. The first-order valence-electron chi connectivity index (χ1n) is 10.6. The number of hydrogen-bond acceptors (Lipinski definition) is 5. The molecule has 2 aliphatic heterocycles. The van der Waals surface area contributed by atoms with Crippen LogP contribution >= 0.6 is 0 Å². The molecule has 3 heterocycles. The molecular formula is C21H33N3O4. The second-order valence-corrected chi connectivity index (χ2v) is 7.45. The predicted octanol–water partition coefficient (Wildman–Crippen LogP) is 2.61. The maximum atomic E-state index is 12.2. The van der Waals surface area contributed by atoms with E-state index in [9.17, 15) is 4.79 Å². The number of esters is 1. The summed E-state index contributed by atoms with van der Waals surface area (Å²) in [5.74, 6) is 1.62. The fraction of sp³-hybridized carbons (Fsp3) is 0.714. The van der Waals surface area contributed by atoms with Crippen molar-refractivity contribution in [1.82, 2.24) is 10.2 Å². The van der Waals surface area contributed by atoms with Crippen LogP contribution in [0.1, 0.15) is 44.8 Å². The molecule has 2 saturated heterocycles. The number of guanidine groups is 1. The van der Waals surface area contributed by atoms with E-state index in [2.05, 4.69) is 10.2 Å². The van der Waals surface area contributed by atoms with Gasteiger partial charge < -0.3 is 24.1 Å². The zero-order valence-corrected chi connectivity index (χ0v) is 16.9. The molecule has 0 amide bonds. The Morgan fingerprint density at radius 3 is 3.04 bits per heavy atom. The van der Waals surface area contributed by atoms with E-state index < -0.39 is 0 Å². The summed E-state index contributed by atoms with van der Waals surface area (Å²) in [6.07, 6.45) is 7.93. The Morgan fingerprint density at radius 2 is 2.29 bits per heavy atom. The largest absolute Gasteiger partial charge is 0.469 e. The summed E-state index contributed by atoms with van der Waals surface area (Å²) in [4.78, 5) is 19.2. The molecule has 0 aromatic carbocycles. The van der Waals surface area contributed by atoms with Gasteiger partial charge in [0.25, 0.3) is 0 Å². The van der Waals surface area contributed by atoms with Gasteiger partial charge in [0.2, 0.25) is 0 Å². The highest BCUT2D eigenvalue weighted by Crippen LogP contribution is 2.19. The number of carbonyl (C=O) groups excluding carboxylic acids is 1. The maximum absolute atomic E-state index is 12.2. The van der Waals surface area contributed by atoms with Crippen LogP contribution in [0, 0.1) is 5.92 Å². The summed E-state index contributed by atoms with van der Waals surface area (Å²) in [6.45, 7) is 6.05. The van der Waals surface area contributed by atoms with Gasteiger partial charge >= 0.3 is 5.97 Å². The number of ether oxygens (including phenoxy) is 2. The lowest BCUT2D eigenvalue weighted by Crippen LogP contribution is -2.49. The van der Waals surface area contributed by atoms with Crippen LogP contribution in [0.15, 0.2) is 27.8 Å². The molecule has 3 rings (SSSR count). The number of carbonyl (C=O) groups is 1. The van der Waals surface area contributed by atoms with Crippen molar-refractivity contribution in [2.75, 3.05) is 39.4 Å². The highest BCUT2D eigenvalue weighted by Gasteiger charge is 2.28. The van der Waals surface area contributed by atoms with Gasteiger partial charge in [-0.25, -0.2) is 0 Å².